The lowest BCUT2D eigenvalue weighted by molar-refractivity contribution is -0.172. The maximum absolute atomic E-state index is 11.4. The van der Waals surface area contributed by atoms with Crippen LogP contribution in [0, 0.1) is 0 Å². The third-order valence-corrected chi connectivity index (χ3v) is 2.10. The summed E-state index contributed by atoms with van der Waals surface area (Å²) >= 11 is 0. The molecule has 0 amide bonds. The van der Waals surface area contributed by atoms with Crippen molar-refractivity contribution in [2.75, 3.05) is 13.2 Å². The molecule has 120 valence electrons. The van der Waals surface area contributed by atoms with Gasteiger partial charge in [0.05, 0.1) is 12.8 Å². The number of carbonyl (C=O) groups excluding carboxylic acids is 3. The van der Waals surface area contributed by atoms with Gasteiger partial charge in [0.15, 0.2) is 6.10 Å². The van der Waals surface area contributed by atoms with Crippen LogP contribution in [-0.4, -0.2) is 59.5 Å². The number of hydrogen-bond donors (Lipinski definition) is 2. The number of aliphatic hydroxyl groups excluding tert-OH is 1. The zero-order valence-electron chi connectivity index (χ0n) is 11.7. The summed E-state index contributed by atoms with van der Waals surface area (Å²) in [6.07, 6.45) is -3.13. The second-order valence-corrected chi connectivity index (χ2v) is 4.04. The quantitative estimate of drug-likeness (QED) is 0.416. The van der Waals surface area contributed by atoms with Crippen molar-refractivity contribution in [3.05, 3.63) is 0 Å². The average molecular weight is 306 g/mol. The van der Waals surface area contributed by atoms with E-state index in [9.17, 15) is 19.2 Å². The van der Waals surface area contributed by atoms with Crippen LogP contribution in [0.5, 0.6) is 0 Å². The highest BCUT2D eigenvalue weighted by molar-refractivity contribution is 5.81. The maximum atomic E-state index is 11.4. The van der Waals surface area contributed by atoms with Gasteiger partial charge < -0.3 is 24.4 Å². The molecule has 0 bridgehead atoms. The highest BCUT2D eigenvalue weighted by atomic mass is 16.6. The number of rotatable bonds is 9. The number of ether oxygens (including phenoxy) is 3. The Morgan fingerprint density at radius 1 is 0.952 bits per heavy atom. The summed E-state index contributed by atoms with van der Waals surface area (Å²) in [6, 6.07) is 0. The molecule has 2 atom stereocenters. The average Bonchev–Trinajstić information content (AvgIpc) is 2.37. The molecule has 0 heterocycles. The van der Waals surface area contributed by atoms with E-state index in [4.69, 9.17) is 10.2 Å². The van der Waals surface area contributed by atoms with Crippen LogP contribution in [0.15, 0.2) is 0 Å². The predicted octanol–water partition coefficient (Wildman–Crippen LogP) is -0.750. The Balaban J connectivity index is 3.85. The number of hydrogen-bond acceptors (Lipinski definition) is 8. The summed E-state index contributed by atoms with van der Waals surface area (Å²) in [4.78, 5) is 43.7. The first kappa shape index (κ1) is 18.8. The molecule has 0 saturated heterocycles. The van der Waals surface area contributed by atoms with Crippen molar-refractivity contribution in [3.8, 4) is 0 Å². The molecule has 0 fully saturated rings. The molecule has 2 N–H and O–H groups in total. The van der Waals surface area contributed by atoms with Crippen molar-refractivity contribution in [2.24, 2.45) is 0 Å². The van der Waals surface area contributed by atoms with Gasteiger partial charge in [0.25, 0.3) is 0 Å². The van der Waals surface area contributed by atoms with Gasteiger partial charge in [-0.1, -0.05) is 0 Å². The van der Waals surface area contributed by atoms with E-state index in [-0.39, 0.29) is 26.1 Å². The first-order valence-corrected chi connectivity index (χ1v) is 6.16. The Kier molecular flexibility index (Phi) is 8.70. The normalized spacial score (nSPS) is 12.9. The monoisotopic (exact) mass is 306 g/mol. The highest BCUT2D eigenvalue weighted by Gasteiger charge is 2.22. The van der Waals surface area contributed by atoms with Crippen LogP contribution < -0.4 is 0 Å². The molecular weight excluding hydrogens is 288 g/mol. The van der Waals surface area contributed by atoms with Gasteiger partial charge in [-0.15, -0.1) is 0 Å². The second kappa shape index (κ2) is 9.70. The number of esters is 3. The van der Waals surface area contributed by atoms with Gasteiger partial charge in [-0.25, -0.2) is 9.59 Å². The van der Waals surface area contributed by atoms with Crippen molar-refractivity contribution in [3.63, 3.8) is 0 Å². The Labute approximate surface area is 120 Å². The van der Waals surface area contributed by atoms with E-state index in [1.165, 1.54) is 13.8 Å². The number of aliphatic hydroxyl groups is 1. The summed E-state index contributed by atoms with van der Waals surface area (Å²) in [6.45, 7) is 1.90. The number of carbonyl (C=O) groups is 4. The first-order chi connectivity index (χ1) is 9.73. The van der Waals surface area contributed by atoms with Crippen LogP contribution in [0.3, 0.4) is 0 Å². The Morgan fingerprint density at radius 3 is 2.05 bits per heavy atom. The van der Waals surface area contributed by atoms with Crippen LogP contribution in [0.4, 0.5) is 0 Å². The lowest BCUT2D eigenvalue weighted by Gasteiger charge is -2.13. The van der Waals surface area contributed by atoms with E-state index in [1.54, 1.807) is 0 Å². The van der Waals surface area contributed by atoms with Crippen molar-refractivity contribution in [2.45, 2.75) is 38.9 Å². The van der Waals surface area contributed by atoms with E-state index in [2.05, 4.69) is 14.2 Å². The smallest absolute Gasteiger partial charge is 0.347 e. The summed E-state index contributed by atoms with van der Waals surface area (Å²) in [5.74, 6) is -3.64. The molecule has 0 aromatic heterocycles. The topological polar surface area (TPSA) is 136 Å². The minimum absolute atomic E-state index is 0.248. The molecule has 21 heavy (non-hydrogen) atoms. The molecule has 0 aliphatic rings. The molecule has 0 spiro atoms. The van der Waals surface area contributed by atoms with E-state index >= 15 is 0 Å². The molecule has 2 unspecified atom stereocenters. The maximum Gasteiger partial charge on any atom is 0.347 e. The van der Waals surface area contributed by atoms with Gasteiger partial charge in [-0.2, -0.15) is 0 Å². The van der Waals surface area contributed by atoms with Crippen LogP contribution in [0.1, 0.15) is 26.7 Å². The van der Waals surface area contributed by atoms with Crippen LogP contribution >= 0.6 is 0 Å². The first-order valence-electron chi connectivity index (χ1n) is 6.16. The molecule has 0 aliphatic heterocycles. The fourth-order valence-electron chi connectivity index (χ4n) is 0.997. The molecular formula is C12H18O9. The molecule has 0 aromatic carbocycles. The second-order valence-electron chi connectivity index (χ2n) is 4.04. The lowest BCUT2D eigenvalue weighted by atomic mass is 10.4. The Morgan fingerprint density at radius 2 is 1.52 bits per heavy atom. The van der Waals surface area contributed by atoms with E-state index < -0.39 is 36.1 Å². The van der Waals surface area contributed by atoms with Crippen LogP contribution in [0.25, 0.3) is 0 Å². The zero-order valence-corrected chi connectivity index (χ0v) is 11.7. The predicted molar refractivity (Wildman–Crippen MR) is 66.0 cm³/mol. The molecule has 9 nitrogen and oxygen atoms in total. The SMILES string of the molecule is CC(O)C(=O)OC(C)C(=O)OCCC(=O)OCCC(=O)O. The van der Waals surface area contributed by atoms with Crippen molar-refractivity contribution in [1.82, 2.24) is 0 Å². The van der Waals surface area contributed by atoms with Gasteiger partial charge in [-0.05, 0) is 13.8 Å². The highest BCUT2D eigenvalue weighted by Crippen LogP contribution is 1.99. The standard InChI is InChI=1S/C12H18O9/c1-7(13)11(17)21-8(2)12(18)20-6-4-10(16)19-5-3-9(14)15/h7-8,13H,3-6H2,1-2H3,(H,14,15). The fourth-order valence-corrected chi connectivity index (χ4v) is 0.997. The number of carboxylic acids is 1. The van der Waals surface area contributed by atoms with Crippen molar-refractivity contribution >= 4 is 23.9 Å². The minimum Gasteiger partial charge on any atom is -0.481 e. The van der Waals surface area contributed by atoms with Crippen LogP contribution in [-0.2, 0) is 33.4 Å². The number of carboxylic acid groups (broad SMARTS) is 1. The number of aliphatic carboxylic acids is 1. The zero-order chi connectivity index (χ0) is 16.4. The third kappa shape index (κ3) is 9.38. The van der Waals surface area contributed by atoms with E-state index in [0.29, 0.717) is 0 Å². The summed E-state index contributed by atoms with van der Waals surface area (Å²) in [5, 5.41) is 17.2. The molecule has 0 aliphatic carbocycles. The van der Waals surface area contributed by atoms with Crippen molar-refractivity contribution < 1.29 is 43.6 Å². The Bertz CT molecular complexity index is 388. The molecule has 0 aromatic rings. The van der Waals surface area contributed by atoms with Crippen molar-refractivity contribution in [1.29, 1.82) is 0 Å². The van der Waals surface area contributed by atoms with Gasteiger partial charge in [0.2, 0.25) is 0 Å². The molecule has 0 rings (SSSR count). The summed E-state index contributed by atoms with van der Waals surface area (Å²) < 4.78 is 13.8. The molecule has 0 radical (unpaired) electrons. The van der Waals surface area contributed by atoms with Gasteiger partial charge in [0, 0.05) is 0 Å². The summed E-state index contributed by atoms with van der Waals surface area (Å²) in [7, 11) is 0. The van der Waals surface area contributed by atoms with Gasteiger partial charge in [-0.3, -0.25) is 9.59 Å². The largest absolute Gasteiger partial charge is 0.481 e. The minimum atomic E-state index is -1.36. The molecule has 9 heteroatoms. The van der Waals surface area contributed by atoms with Gasteiger partial charge in [0.1, 0.15) is 19.3 Å². The Hall–Kier alpha value is -2.16. The summed E-state index contributed by atoms with van der Waals surface area (Å²) in [5.41, 5.74) is 0. The molecule has 0 saturated carbocycles. The van der Waals surface area contributed by atoms with E-state index in [1.807, 2.05) is 0 Å². The fraction of sp³-hybridized carbons (Fsp3) is 0.667. The lowest BCUT2D eigenvalue weighted by Crippen LogP contribution is -2.31. The van der Waals surface area contributed by atoms with Gasteiger partial charge >= 0.3 is 23.9 Å². The van der Waals surface area contributed by atoms with Crippen LogP contribution in [0.2, 0.25) is 0 Å². The third-order valence-electron chi connectivity index (χ3n) is 2.10. The van der Waals surface area contributed by atoms with E-state index in [0.717, 1.165) is 0 Å².